The fourth-order valence-corrected chi connectivity index (χ4v) is 1.50. The summed E-state index contributed by atoms with van der Waals surface area (Å²) in [7, 11) is 0. The number of unbranched alkanes of at least 4 members (excludes halogenated alkanes) is 1. The van der Waals surface area contributed by atoms with E-state index in [-0.39, 0.29) is 0 Å². The van der Waals surface area contributed by atoms with E-state index < -0.39 is 0 Å². The van der Waals surface area contributed by atoms with Gasteiger partial charge in [0.05, 0.1) is 0 Å². The molecule has 0 heterocycles. The van der Waals surface area contributed by atoms with Gasteiger partial charge in [0.1, 0.15) is 0 Å². The largest absolute Gasteiger partial charge is 0.0891 e. The van der Waals surface area contributed by atoms with Crippen molar-refractivity contribution in [2.45, 2.75) is 44.4 Å². The Labute approximate surface area is 67.2 Å². The molecule has 0 aliphatic rings. The minimum Gasteiger partial charge on any atom is -0.0891 e. The molecule has 0 bridgehead atoms. The zero-order chi connectivity index (χ0) is 7.11. The predicted octanol–water partition coefficient (Wildman–Crippen LogP) is 3.55. The highest BCUT2D eigenvalue weighted by molar-refractivity contribution is 9.09. The first-order valence-corrected chi connectivity index (χ1v) is 4.64. The highest BCUT2D eigenvalue weighted by Gasteiger charge is 1.99. The molecule has 0 fully saturated rings. The number of rotatable bonds is 5. The summed E-state index contributed by atoms with van der Waals surface area (Å²) in [5.41, 5.74) is 0. The number of hydrogen-bond donors (Lipinski definition) is 0. The molecule has 1 radical (unpaired) electrons. The van der Waals surface area contributed by atoms with Crippen LogP contribution in [0, 0.1) is 6.42 Å². The molecule has 0 aliphatic heterocycles. The zero-order valence-electron chi connectivity index (χ0n) is 6.36. The first kappa shape index (κ1) is 9.48. The molecule has 0 saturated carbocycles. The first-order valence-electron chi connectivity index (χ1n) is 3.73. The topological polar surface area (TPSA) is 0 Å². The minimum absolute atomic E-state index is 0.724. The third-order valence-electron chi connectivity index (χ3n) is 1.36. The van der Waals surface area contributed by atoms with Crippen LogP contribution in [0.5, 0.6) is 0 Å². The molecule has 0 aromatic heterocycles. The summed E-state index contributed by atoms with van der Waals surface area (Å²) in [6.07, 6.45) is 7.41. The van der Waals surface area contributed by atoms with Crippen LogP contribution >= 0.6 is 15.9 Å². The standard InChI is InChI=1S/C8H16Br/c1-3-5-7-8(9)6-4-2/h4,8H,3,5-7H2,1-2H3. The van der Waals surface area contributed by atoms with Crippen LogP contribution in [-0.2, 0) is 0 Å². The average molecular weight is 192 g/mol. The maximum atomic E-state index is 3.61. The number of halogens is 1. The smallest absolute Gasteiger partial charge is 0.0148 e. The summed E-state index contributed by atoms with van der Waals surface area (Å²) in [5.74, 6) is 0. The summed E-state index contributed by atoms with van der Waals surface area (Å²) in [6, 6.07) is 0. The number of alkyl halides is 1. The molecule has 1 unspecified atom stereocenters. The highest BCUT2D eigenvalue weighted by atomic mass is 79.9. The van der Waals surface area contributed by atoms with Crippen molar-refractivity contribution in [3.05, 3.63) is 6.42 Å². The molecule has 0 amide bonds. The van der Waals surface area contributed by atoms with Crippen LogP contribution in [0.2, 0.25) is 0 Å². The van der Waals surface area contributed by atoms with E-state index in [2.05, 4.69) is 36.2 Å². The summed E-state index contributed by atoms with van der Waals surface area (Å²) >= 11 is 3.61. The van der Waals surface area contributed by atoms with Crippen LogP contribution in [0.3, 0.4) is 0 Å². The normalized spacial score (nSPS) is 13.7. The zero-order valence-corrected chi connectivity index (χ0v) is 7.95. The van der Waals surface area contributed by atoms with Crippen molar-refractivity contribution in [2.75, 3.05) is 0 Å². The molecule has 0 aromatic rings. The third kappa shape index (κ3) is 6.36. The van der Waals surface area contributed by atoms with Gasteiger partial charge in [0.25, 0.3) is 0 Å². The molecule has 0 aliphatic carbocycles. The summed E-state index contributed by atoms with van der Waals surface area (Å²) in [6.45, 7) is 4.34. The van der Waals surface area contributed by atoms with E-state index in [1.165, 1.54) is 25.7 Å². The van der Waals surface area contributed by atoms with Gasteiger partial charge in [-0.3, -0.25) is 0 Å². The van der Waals surface area contributed by atoms with Crippen LogP contribution in [0.15, 0.2) is 0 Å². The molecular formula is C8H16Br. The van der Waals surface area contributed by atoms with E-state index in [1.54, 1.807) is 0 Å². The minimum atomic E-state index is 0.724. The van der Waals surface area contributed by atoms with Crippen LogP contribution in [0.1, 0.15) is 39.5 Å². The van der Waals surface area contributed by atoms with Crippen molar-refractivity contribution in [3.63, 3.8) is 0 Å². The lowest BCUT2D eigenvalue weighted by Crippen LogP contribution is -1.95. The highest BCUT2D eigenvalue weighted by Crippen LogP contribution is 2.14. The van der Waals surface area contributed by atoms with Gasteiger partial charge in [-0.15, -0.1) is 0 Å². The van der Waals surface area contributed by atoms with Gasteiger partial charge < -0.3 is 0 Å². The lowest BCUT2D eigenvalue weighted by atomic mass is 10.1. The van der Waals surface area contributed by atoms with Crippen molar-refractivity contribution in [1.29, 1.82) is 0 Å². The van der Waals surface area contributed by atoms with Gasteiger partial charge in [0, 0.05) is 4.83 Å². The summed E-state index contributed by atoms with van der Waals surface area (Å²) < 4.78 is 0. The Morgan fingerprint density at radius 3 is 2.67 bits per heavy atom. The lowest BCUT2D eigenvalue weighted by Gasteiger charge is -2.04. The molecule has 0 aromatic carbocycles. The summed E-state index contributed by atoms with van der Waals surface area (Å²) in [4.78, 5) is 0.724. The lowest BCUT2D eigenvalue weighted by molar-refractivity contribution is 0.683. The van der Waals surface area contributed by atoms with Crippen LogP contribution in [-0.4, -0.2) is 4.83 Å². The Kier molecular flexibility index (Phi) is 6.95. The maximum absolute atomic E-state index is 3.61. The van der Waals surface area contributed by atoms with Gasteiger partial charge in [0.2, 0.25) is 0 Å². The molecule has 9 heavy (non-hydrogen) atoms. The molecule has 0 saturated heterocycles. The Bertz CT molecular complexity index is 52.5. The summed E-state index contributed by atoms with van der Waals surface area (Å²) in [5, 5.41) is 0. The molecule has 0 rings (SSSR count). The van der Waals surface area contributed by atoms with Crippen molar-refractivity contribution in [1.82, 2.24) is 0 Å². The number of hydrogen-bond acceptors (Lipinski definition) is 0. The van der Waals surface area contributed by atoms with Gasteiger partial charge >= 0.3 is 0 Å². The van der Waals surface area contributed by atoms with E-state index in [0.717, 1.165) is 4.83 Å². The molecule has 55 valence electrons. The van der Waals surface area contributed by atoms with Gasteiger partial charge in [0.15, 0.2) is 0 Å². The van der Waals surface area contributed by atoms with E-state index in [4.69, 9.17) is 0 Å². The van der Waals surface area contributed by atoms with E-state index in [1.807, 2.05) is 0 Å². The maximum Gasteiger partial charge on any atom is 0.0148 e. The quantitative estimate of drug-likeness (QED) is 0.584. The van der Waals surface area contributed by atoms with Crippen LogP contribution in [0.25, 0.3) is 0 Å². The predicted molar refractivity (Wildman–Crippen MR) is 46.8 cm³/mol. The Hall–Kier alpha value is 0.480. The van der Waals surface area contributed by atoms with Gasteiger partial charge in [-0.1, -0.05) is 42.6 Å². The van der Waals surface area contributed by atoms with Crippen molar-refractivity contribution < 1.29 is 0 Å². The van der Waals surface area contributed by atoms with Crippen LogP contribution in [0.4, 0.5) is 0 Å². The van der Waals surface area contributed by atoms with E-state index >= 15 is 0 Å². The second-order valence-corrected chi connectivity index (χ2v) is 3.68. The van der Waals surface area contributed by atoms with Crippen molar-refractivity contribution >= 4 is 15.9 Å². The second kappa shape index (κ2) is 6.60. The fourth-order valence-electron chi connectivity index (χ4n) is 0.799. The Balaban J connectivity index is 2.95. The SMILES string of the molecule is C[CH]CC(Br)CCCC. The van der Waals surface area contributed by atoms with E-state index in [0.29, 0.717) is 0 Å². The van der Waals surface area contributed by atoms with E-state index in [9.17, 15) is 0 Å². The Morgan fingerprint density at radius 1 is 1.56 bits per heavy atom. The molecule has 1 atom stereocenters. The van der Waals surface area contributed by atoms with Gasteiger partial charge in [-0.05, 0) is 19.3 Å². The second-order valence-electron chi connectivity index (χ2n) is 2.38. The molecule has 0 N–H and O–H groups in total. The molecular weight excluding hydrogens is 176 g/mol. The third-order valence-corrected chi connectivity index (χ3v) is 2.19. The monoisotopic (exact) mass is 191 g/mol. The molecule has 1 heteroatoms. The van der Waals surface area contributed by atoms with Crippen molar-refractivity contribution in [3.8, 4) is 0 Å². The molecule has 0 nitrogen and oxygen atoms in total. The van der Waals surface area contributed by atoms with Crippen LogP contribution < -0.4 is 0 Å². The van der Waals surface area contributed by atoms with Crippen molar-refractivity contribution in [2.24, 2.45) is 0 Å². The molecule has 0 spiro atoms. The Morgan fingerprint density at radius 2 is 2.22 bits per heavy atom. The van der Waals surface area contributed by atoms with Gasteiger partial charge in [-0.25, -0.2) is 0 Å². The van der Waals surface area contributed by atoms with Gasteiger partial charge in [-0.2, -0.15) is 0 Å². The first-order chi connectivity index (χ1) is 4.31. The average Bonchev–Trinajstić information content (AvgIpc) is 1.85. The fraction of sp³-hybridized carbons (Fsp3) is 0.875.